The molecule has 3 N–H and O–H groups in total. The van der Waals surface area contributed by atoms with Crippen LogP contribution < -0.4 is 5.32 Å². The fourth-order valence-electron chi connectivity index (χ4n) is 1.72. The summed E-state index contributed by atoms with van der Waals surface area (Å²) < 4.78 is 1.74. The number of nitrogens with one attached hydrogen (secondary N) is 1. The van der Waals surface area contributed by atoms with Gasteiger partial charge in [0.05, 0.1) is 29.8 Å². The number of hydrogen-bond donors (Lipinski definition) is 3. The molecule has 0 spiro atoms. The Balaban J connectivity index is 2.26. The van der Waals surface area contributed by atoms with Crippen LogP contribution >= 0.6 is 11.3 Å². The van der Waals surface area contributed by atoms with Crippen molar-refractivity contribution in [1.29, 1.82) is 0 Å². The van der Waals surface area contributed by atoms with E-state index in [1.807, 2.05) is 14.0 Å². The summed E-state index contributed by atoms with van der Waals surface area (Å²) in [6.45, 7) is 1.32. The molecule has 6 nitrogen and oxygen atoms in total. The van der Waals surface area contributed by atoms with Gasteiger partial charge in [-0.15, -0.1) is 11.3 Å². The summed E-state index contributed by atoms with van der Waals surface area (Å²) in [5.74, 6) is -0.288. The molecule has 7 heteroatoms. The van der Waals surface area contributed by atoms with Gasteiger partial charge in [0.25, 0.3) is 5.91 Å². The molecule has 2 aromatic heterocycles. The third kappa shape index (κ3) is 2.24. The maximum Gasteiger partial charge on any atom is 0.261 e. The van der Waals surface area contributed by atoms with Crippen molar-refractivity contribution >= 4 is 27.5 Å². The molecule has 0 bridgehead atoms. The normalized spacial score (nSPS) is 11.4. The predicted octanol–water partition coefficient (Wildman–Crippen LogP) is 0.0262. The lowest BCUT2D eigenvalue weighted by Crippen LogP contribution is -2.39. The molecule has 0 saturated carbocycles. The topological polar surface area (TPSA) is 87.4 Å². The Labute approximate surface area is 108 Å². The molecule has 98 valence electrons. The minimum atomic E-state index is -0.623. The molecule has 2 aromatic rings. The zero-order valence-electron chi connectivity index (χ0n) is 10.2. The lowest BCUT2D eigenvalue weighted by molar-refractivity contribution is 0.0883. The highest BCUT2D eigenvalue weighted by Gasteiger charge is 2.17. The Kier molecular flexibility index (Phi) is 3.65. The molecular formula is C11H15N3O3S. The molecule has 0 aromatic carbocycles. The van der Waals surface area contributed by atoms with Crippen molar-refractivity contribution in [2.45, 2.75) is 13.0 Å². The number of rotatable bonds is 4. The van der Waals surface area contributed by atoms with Crippen LogP contribution in [0.1, 0.15) is 15.4 Å². The number of aliphatic hydroxyl groups is 2. The molecule has 0 aliphatic heterocycles. The Morgan fingerprint density at radius 3 is 2.78 bits per heavy atom. The van der Waals surface area contributed by atoms with E-state index in [2.05, 4.69) is 10.4 Å². The second-order valence-electron chi connectivity index (χ2n) is 4.07. The van der Waals surface area contributed by atoms with Crippen LogP contribution in [0.15, 0.2) is 6.07 Å². The van der Waals surface area contributed by atoms with E-state index in [-0.39, 0.29) is 19.1 Å². The van der Waals surface area contributed by atoms with Gasteiger partial charge in [-0.1, -0.05) is 0 Å². The molecule has 0 aliphatic rings. The minimum Gasteiger partial charge on any atom is -0.394 e. The molecular weight excluding hydrogens is 254 g/mol. The summed E-state index contributed by atoms with van der Waals surface area (Å²) >= 11 is 1.34. The summed E-state index contributed by atoms with van der Waals surface area (Å²) in [6, 6.07) is 1.16. The van der Waals surface area contributed by atoms with Crippen molar-refractivity contribution in [3.63, 3.8) is 0 Å². The molecule has 1 amide bonds. The van der Waals surface area contributed by atoms with Crippen molar-refractivity contribution in [3.8, 4) is 0 Å². The summed E-state index contributed by atoms with van der Waals surface area (Å²) in [4.78, 5) is 13.4. The van der Waals surface area contributed by atoms with E-state index in [1.165, 1.54) is 11.3 Å². The fraction of sp³-hybridized carbons (Fsp3) is 0.455. The Bertz CT molecular complexity index is 537. The van der Waals surface area contributed by atoms with Crippen LogP contribution in [0.2, 0.25) is 0 Å². The van der Waals surface area contributed by atoms with E-state index in [0.717, 1.165) is 15.9 Å². The van der Waals surface area contributed by atoms with Crippen molar-refractivity contribution in [2.24, 2.45) is 7.05 Å². The number of aromatic nitrogens is 2. The van der Waals surface area contributed by atoms with Crippen LogP contribution in [0.3, 0.4) is 0 Å². The first-order valence-corrected chi connectivity index (χ1v) is 6.34. The monoisotopic (exact) mass is 269 g/mol. The van der Waals surface area contributed by atoms with Gasteiger partial charge in [-0.2, -0.15) is 5.10 Å². The van der Waals surface area contributed by atoms with Crippen LogP contribution in [0, 0.1) is 6.92 Å². The van der Waals surface area contributed by atoms with Crippen LogP contribution in [0.4, 0.5) is 0 Å². The first-order valence-electron chi connectivity index (χ1n) is 5.52. The highest BCUT2D eigenvalue weighted by molar-refractivity contribution is 7.20. The van der Waals surface area contributed by atoms with E-state index >= 15 is 0 Å². The van der Waals surface area contributed by atoms with Gasteiger partial charge in [0, 0.05) is 12.4 Å². The molecule has 0 unspecified atom stereocenters. The zero-order valence-corrected chi connectivity index (χ0v) is 11.0. The Morgan fingerprint density at radius 2 is 2.22 bits per heavy atom. The molecule has 0 aliphatic carbocycles. The van der Waals surface area contributed by atoms with Gasteiger partial charge < -0.3 is 15.5 Å². The van der Waals surface area contributed by atoms with E-state index in [0.29, 0.717) is 4.88 Å². The molecule has 0 saturated heterocycles. The second kappa shape index (κ2) is 5.05. The molecule has 0 atom stereocenters. The predicted molar refractivity (Wildman–Crippen MR) is 68.8 cm³/mol. The molecule has 0 fully saturated rings. The number of aryl methyl sites for hydroxylation is 2. The zero-order chi connectivity index (χ0) is 13.3. The maximum atomic E-state index is 11.9. The van der Waals surface area contributed by atoms with Gasteiger partial charge in [0.15, 0.2) is 0 Å². The van der Waals surface area contributed by atoms with E-state index in [1.54, 1.807) is 10.7 Å². The average Bonchev–Trinajstić information content (AvgIpc) is 2.89. The summed E-state index contributed by atoms with van der Waals surface area (Å²) in [5.41, 5.74) is 0.878. The van der Waals surface area contributed by atoms with Crippen LogP contribution in [-0.4, -0.2) is 45.2 Å². The first-order chi connectivity index (χ1) is 8.56. The lowest BCUT2D eigenvalue weighted by Gasteiger charge is -2.11. The fourth-order valence-corrected chi connectivity index (χ4v) is 2.75. The summed E-state index contributed by atoms with van der Waals surface area (Å²) in [5, 5.41) is 25.6. The van der Waals surface area contributed by atoms with Gasteiger partial charge >= 0.3 is 0 Å². The number of thiophene rings is 1. The standard InChI is InChI=1S/C11H15N3O3S/c1-6-8-3-9(18-11(8)14(2)13-6)10(17)12-7(4-15)5-16/h3,7,15-16H,4-5H2,1-2H3,(H,12,17). The largest absolute Gasteiger partial charge is 0.394 e. The number of nitrogens with zero attached hydrogens (tertiary/aromatic N) is 2. The van der Waals surface area contributed by atoms with Crippen LogP contribution in [0.5, 0.6) is 0 Å². The number of hydrogen-bond acceptors (Lipinski definition) is 5. The van der Waals surface area contributed by atoms with Crippen LogP contribution in [0.25, 0.3) is 10.2 Å². The van der Waals surface area contributed by atoms with Gasteiger partial charge in [-0.05, 0) is 13.0 Å². The number of carbonyl (C=O) groups excluding carboxylic acids is 1. The lowest BCUT2D eigenvalue weighted by atomic mass is 10.3. The highest BCUT2D eigenvalue weighted by Crippen LogP contribution is 2.27. The molecule has 18 heavy (non-hydrogen) atoms. The molecule has 0 radical (unpaired) electrons. The number of fused-ring (bicyclic) bond motifs is 1. The van der Waals surface area contributed by atoms with E-state index in [9.17, 15) is 4.79 Å². The average molecular weight is 269 g/mol. The van der Waals surface area contributed by atoms with Crippen molar-refractivity contribution < 1.29 is 15.0 Å². The molecule has 2 heterocycles. The third-order valence-electron chi connectivity index (χ3n) is 2.70. The van der Waals surface area contributed by atoms with Crippen molar-refractivity contribution in [2.75, 3.05) is 13.2 Å². The second-order valence-corrected chi connectivity index (χ2v) is 5.10. The first kappa shape index (κ1) is 13.0. The Morgan fingerprint density at radius 1 is 1.56 bits per heavy atom. The van der Waals surface area contributed by atoms with E-state index in [4.69, 9.17) is 10.2 Å². The highest BCUT2D eigenvalue weighted by atomic mass is 32.1. The van der Waals surface area contributed by atoms with E-state index < -0.39 is 6.04 Å². The third-order valence-corrected chi connectivity index (χ3v) is 3.90. The number of carbonyl (C=O) groups is 1. The quantitative estimate of drug-likeness (QED) is 0.730. The van der Waals surface area contributed by atoms with Crippen molar-refractivity contribution in [3.05, 3.63) is 16.6 Å². The SMILES string of the molecule is Cc1nn(C)c2sc(C(=O)NC(CO)CO)cc12. The smallest absolute Gasteiger partial charge is 0.261 e. The minimum absolute atomic E-state index is 0.284. The Hall–Kier alpha value is -1.44. The van der Waals surface area contributed by atoms with Gasteiger partial charge in [0.2, 0.25) is 0 Å². The van der Waals surface area contributed by atoms with Crippen LogP contribution in [-0.2, 0) is 7.05 Å². The van der Waals surface area contributed by atoms with Gasteiger partial charge in [0.1, 0.15) is 4.83 Å². The molecule has 2 rings (SSSR count). The summed E-state index contributed by atoms with van der Waals surface area (Å²) in [6.07, 6.45) is 0. The van der Waals surface area contributed by atoms with Crippen molar-refractivity contribution in [1.82, 2.24) is 15.1 Å². The van der Waals surface area contributed by atoms with Gasteiger partial charge in [-0.3, -0.25) is 9.48 Å². The number of amides is 1. The van der Waals surface area contributed by atoms with Gasteiger partial charge in [-0.25, -0.2) is 0 Å². The summed E-state index contributed by atoms with van der Waals surface area (Å²) in [7, 11) is 1.83. The maximum absolute atomic E-state index is 11.9. The number of aliphatic hydroxyl groups excluding tert-OH is 2.